The molecule has 1 atom stereocenters. The van der Waals surface area contributed by atoms with E-state index in [4.69, 9.17) is 0 Å². The number of rotatable bonds is 3. The van der Waals surface area contributed by atoms with Gasteiger partial charge in [-0.3, -0.25) is 4.79 Å². The summed E-state index contributed by atoms with van der Waals surface area (Å²) in [5.41, 5.74) is 1.61. The fourth-order valence-electron chi connectivity index (χ4n) is 3.37. The first-order chi connectivity index (χ1) is 10.9. The molecular formula is C15H19N3O3S2. The van der Waals surface area contributed by atoms with Gasteiger partial charge in [0, 0.05) is 11.4 Å². The van der Waals surface area contributed by atoms with Crippen LogP contribution in [0, 0.1) is 11.3 Å². The summed E-state index contributed by atoms with van der Waals surface area (Å²) in [7, 11) is -3.41. The summed E-state index contributed by atoms with van der Waals surface area (Å²) in [6, 6.07) is 1.51. The Morgan fingerprint density at radius 2 is 2.13 bits per heavy atom. The van der Waals surface area contributed by atoms with Gasteiger partial charge in [0.1, 0.15) is 17.1 Å². The van der Waals surface area contributed by atoms with Crippen LogP contribution in [-0.2, 0) is 27.7 Å². The molecule has 0 spiro atoms. The van der Waals surface area contributed by atoms with E-state index >= 15 is 0 Å². The van der Waals surface area contributed by atoms with E-state index in [1.807, 2.05) is 0 Å². The molecule has 1 N–H and O–H groups in total. The van der Waals surface area contributed by atoms with Crippen LogP contribution in [0.25, 0.3) is 0 Å². The van der Waals surface area contributed by atoms with Gasteiger partial charge in [0.05, 0.1) is 11.8 Å². The average molecular weight is 353 g/mol. The molecule has 6 nitrogen and oxygen atoms in total. The van der Waals surface area contributed by atoms with Crippen molar-refractivity contribution < 1.29 is 13.2 Å². The highest BCUT2D eigenvalue weighted by Gasteiger charge is 2.35. The molecule has 1 aromatic rings. The lowest BCUT2D eigenvalue weighted by molar-refractivity contribution is -0.120. The second-order valence-electron chi connectivity index (χ2n) is 6.05. The molecule has 2 heterocycles. The van der Waals surface area contributed by atoms with Gasteiger partial charge >= 0.3 is 0 Å². The molecule has 1 saturated heterocycles. The monoisotopic (exact) mass is 353 g/mol. The number of hydrogen-bond acceptors (Lipinski definition) is 5. The Bertz CT molecular complexity index is 777. The van der Waals surface area contributed by atoms with Crippen LogP contribution >= 0.6 is 11.3 Å². The molecule has 124 valence electrons. The third-order valence-corrected chi connectivity index (χ3v) is 6.95. The predicted molar refractivity (Wildman–Crippen MR) is 88.9 cm³/mol. The Hall–Kier alpha value is -1.43. The summed E-state index contributed by atoms with van der Waals surface area (Å²) >= 11 is 1.45. The number of nitrogens with one attached hydrogen (secondary N) is 1. The second-order valence-corrected chi connectivity index (χ2v) is 9.09. The topological polar surface area (TPSA) is 90.3 Å². The van der Waals surface area contributed by atoms with Gasteiger partial charge in [0.15, 0.2) is 0 Å². The number of hydrogen-bond donors (Lipinski definition) is 1. The molecule has 1 aliphatic heterocycles. The number of anilines is 1. The molecule has 0 saturated carbocycles. The molecule has 0 aromatic carbocycles. The first kappa shape index (κ1) is 16.4. The Morgan fingerprint density at radius 3 is 2.83 bits per heavy atom. The quantitative estimate of drug-likeness (QED) is 0.898. The largest absolute Gasteiger partial charge is 0.315 e. The third kappa shape index (κ3) is 3.13. The third-order valence-electron chi connectivity index (χ3n) is 4.45. The van der Waals surface area contributed by atoms with Crippen LogP contribution in [0.3, 0.4) is 0 Å². The Kier molecular flexibility index (Phi) is 4.45. The zero-order valence-corrected chi connectivity index (χ0v) is 14.6. The van der Waals surface area contributed by atoms with Crippen molar-refractivity contribution in [2.45, 2.75) is 44.6 Å². The molecule has 1 fully saturated rings. The zero-order chi connectivity index (χ0) is 16.6. The van der Waals surface area contributed by atoms with Gasteiger partial charge in [-0.1, -0.05) is 6.42 Å². The Labute approximate surface area is 140 Å². The van der Waals surface area contributed by atoms with Crippen LogP contribution < -0.4 is 5.32 Å². The van der Waals surface area contributed by atoms with E-state index in [2.05, 4.69) is 11.4 Å². The van der Waals surface area contributed by atoms with Crippen molar-refractivity contribution in [1.82, 2.24) is 4.31 Å². The summed E-state index contributed by atoms with van der Waals surface area (Å²) < 4.78 is 25.1. The first-order valence-corrected chi connectivity index (χ1v) is 10.4. The second kappa shape index (κ2) is 6.23. The summed E-state index contributed by atoms with van der Waals surface area (Å²) in [6.07, 6.45) is 6.14. The summed E-state index contributed by atoms with van der Waals surface area (Å²) in [4.78, 5) is 13.8. The van der Waals surface area contributed by atoms with Gasteiger partial charge in [-0.25, -0.2) is 8.42 Å². The lowest BCUT2D eigenvalue weighted by Crippen LogP contribution is -2.49. The predicted octanol–water partition coefficient (Wildman–Crippen LogP) is 1.86. The van der Waals surface area contributed by atoms with Crippen LogP contribution in [-0.4, -0.2) is 37.5 Å². The van der Waals surface area contributed by atoms with E-state index in [0.717, 1.165) is 43.9 Å². The maximum Gasteiger partial charge on any atom is 0.243 e. The van der Waals surface area contributed by atoms with E-state index in [-0.39, 0.29) is 5.91 Å². The molecule has 1 aliphatic carbocycles. The molecule has 1 amide bonds. The highest BCUT2D eigenvalue weighted by molar-refractivity contribution is 7.88. The number of piperidine rings is 1. The highest BCUT2D eigenvalue weighted by atomic mass is 32.2. The molecule has 0 unspecified atom stereocenters. The smallest absolute Gasteiger partial charge is 0.243 e. The van der Waals surface area contributed by atoms with Crippen molar-refractivity contribution >= 4 is 32.3 Å². The molecule has 0 bridgehead atoms. The van der Waals surface area contributed by atoms with E-state index < -0.39 is 16.1 Å². The van der Waals surface area contributed by atoms with E-state index in [0.29, 0.717) is 23.5 Å². The van der Waals surface area contributed by atoms with Crippen LogP contribution in [0.5, 0.6) is 0 Å². The van der Waals surface area contributed by atoms with Crippen LogP contribution in [0.15, 0.2) is 0 Å². The maximum atomic E-state index is 12.6. The number of carbonyl (C=O) groups is 1. The number of nitrogens with zero attached hydrogens (tertiary/aromatic N) is 2. The number of aryl methyl sites for hydroxylation is 1. The van der Waals surface area contributed by atoms with E-state index in [1.165, 1.54) is 20.5 Å². The summed E-state index contributed by atoms with van der Waals surface area (Å²) in [5, 5.41) is 12.8. The molecule has 8 heteroatoms. The fraction of sp³-hybridized carbons (Fsp3) is 0.600. The van der Waals surface area contributed by atoms with Crippen molar-refractivity contribution in [2.75, 3.05) is 18.1 Å². The highest BCUT2D eigenvalue weighted by Crippen LogP contribution is 2.38. The molecule has 0 radical (unpaired) electrons. The number of amides is 1. The summed E-state index contributed by atoms with van der Waals surface area (Å²) in [6.45, 7) is 0.378. The average Bonchev–Trinajstić information content (AvgIpc) is 3.06. The van der Waals surface area contributed by atoms with E-state index in [9.17, 15) is 18.5 Å². The number of sulfonamides is 1. The van der Waals surface area contributed by atoms with Gasteiger partial charge in [0.2, 0.25) is 15.9 Å². The number of fused-ring (bicyclic) bond motifs is 1. The van der Waals surface area contributed by atoms with Crippen molar-refractivity contribution in [2.24, 2.45) is 0 Å². The Morgan fingerprint density at radius 1 is 1.35 bits per heavy atom. The lowest BCUT2D eigenvalue weighted by Gasteiger charge is -2.32. The molecule has 2 aliphatic rings. The minimum atomic E-state index is -3.41. The van der Waals surface area contributed by atoms with Gasteiger partial charge in [-0.2, -0.15) is 9.57 Å². The SMILES string of the molecule is CS(=O)(=O)N1CCCC[C@H]1C(=O)Nc1sc2c(c1C#N)CCC2. The molecule has 3 rings (SSSR count). The molecular weight excluding hydrogens is 334 g/mol. The van der Waals surface area contributed by atoms with Crippen molar-refractivity contribution in [3.05, 3.63) is 16.0 Å². The first-order valence-electron chi connectivity index (χ1n) is 7.74. The van der Waals surface area contributed by atoms with Gasteiger partial charge < -0.3 is 5.32 Å². The van der Waals surface area contributed by atoms with Crippen LogP contribution in [0.4, 0.5) is 5.00 Å². The number of nitriles is 1. The van der Waals surface area contributed by atoms with Gasteiger partial charge in [-0.05, 0) is 37.7 Å². The maximum absolute atomic E-state index is 12.6. The van der Waals surface area contributed by atoms with Crippen LogP contribution in [0.2, 0.25) is 0 Å². The standard InChI is InChI=1S/C15H19N3O3S2/c1-23(20,21)18-8-3-2-6-12(18)14(19)17-15-11(9-16)10-5-4-7-13(10)22-15/h12H,2-8H2,1H3,(H,17,19)/t12-/m0/s1. The van der Waals surface area contributed by atoms with Crippen LogP contribution in [0.1, 0.15) is 41.7 Å². The van der Waals surface area contributed by atoms with Crippen molar-refractivity contribution in [3.8, 4) is 6.07 Å². The lowest BCUT2D eigenvalue weighted by atomic mass is 10.0. The minimum Gasteiger partial charge on any atom is -0.315 e. The van der Waals surface area contributed by atoms with Gasteiger partial charge in [-0.15, -0.1) is 11.3 Å². The molecule has 1 aromatic heterocycles. The number of thiophene rings is 1. The number of carbonyl (C=O) groups excluding carboxylic acids is 1. The normalized spacial score (nSPS) is 21.7. The van der Waals surface area contributed by atoms with Gasteiger partial charge in [0.25, 0.3) is 0 Å². The van der Waals surface area contributed by atoms with E-state index in [1.54, 1.807) is 0 Å². The zero-order valence-electron chi connectivity index (χ0n) is 13.0. The van der Waals surface area contributed by atoms with Crippen molar-refractivity contribution in [1.29, 1.82) is 5.26 Å². The fourth-order valence-corrected chi connectivity index (χ4v) is 5.74. The molecule has 23 heavy (non-hydrogen) atoms. The summed E-state index contributed by atoms with van der Waals surface area (Å²) in [5.74, 6) is -0.327. The van der Waals surface area contributed by atoms with Crippen molar-refractivity contribution in [3.63, 3.8) is 0 Å². The Balaban J connectivity index is 1.83. The minimum absolute atomic E-state index is 0.327.